The molecule has 4 rings (SSSR count). The topological polar surface area (TPSA) is 130 Å². The van der Waals surface area contributed by atoms with E-state index >= 15 is 0 Å². The zero-order chi connectivity index (χ0) is 27.1. The number of rotatable bonds is 14. The highest BCUT2D eigenvalue weighted by atomic mass is 16.5. The van der Waals surface area contributed by atoms with Gasteiger partial charge in [0.25, 0.3) is 0 Å². The Hall–Kier alpha value is -3.63. The molecule has 3 amide bonds. The van der Waals surface area contributed by atoms with Gasteiger partial charge in [0.2, 0.25) is 17.7 Å². The molecule has 10 nitrogen and oxygen atoms in total. The molecule has 2 aliphatic rings. The second kappa shape index (κ2) is 12.7. The number of nitrogens with zero attached hydrogens (tertiary/aromatic N) is 2. The molecule has 0 spiro atoms. The fourth-order valence-electron chi connectivity index (χ4n) is 4.46. The minimum absolute atomic E-state index is 0.0632. The van der Waals surface area contributed by atoms with Gasteiger partial charge in [-0.15, -0.1) is 0 Å². The van der Waals surface area contributed by atoms with Crippen LogP contribution in [0.3, 0.4) is 0 Å². The van der Waals surface area contributed by atoms with Gasteiger partial charge < -0.3 is 25.0 Å². The van der Waals surface area contributed by atoms with Gasteiger partial charge >= 0.3 is 0 Å². The summed E-state index contributed by atoms with van der Waals surface area (Å²) in [7, 11) is 0. The number of aromatic hydroxyl groups is 2. The Balaban J connectivity index is 1.05. The largest absolute Gasteiger partial charge is 0.494 e. The van der Waals surface area contributed by atoms with E-state index in [1.807, 2.05) is 24.3 Å². The zero-order valence-corrected chi connectivity index (χ0v) is 21.6. The Labute approximate surface area is 221 Å². The average molecular weight is 526 g/mol. The number of β-lactam (4-membered cyclic amide) rings is 1. The molecule has 38 heavy (non-hydrogen) atoms. The van der Waals surface area contributed by atoms with E-state index in [1.54, 1.807) is 19.1 Å². The van der Waals surface area contributed by atoms with Crippen LogP contribution in [-0.4, -0.2) is 70.4 Å². The number of likely N-dealkylation sites (tertiary alicyclic amines) is 1. The molecule has 2 heterocycles. The van der Waals surface area contributed by atoms with Crippen LogP contribution >= 0.6 is 0 Å². The van der Waals surface area contributed by atoms with Gasteiger partial charge in [0.15, 0.2) is 11.8 Å². The van der Waals surface area contributed by atoms with Crippen LogP contribution in [0.4, 0.5) is 5.69 Å². The van der Waals surface area contributed by atoms with E-state index in [9.17, 15) is 24.6 Å². The van der Waals surface area contributed by atoms with E-state index in [0.29, 0.717) is 57.0 Å². The molecule has 1 aliphatic carbocycles. The molecule has 1 atom stereocenters. The van der Waals surface area contributed by atoms with Gasteiger partial charge in [0.1, 0.15) is 0 Å². The number of nitrogens with one attached hydrogen (secondary N) is 1. The third kappa shape index (κ3) is 6.62. The van der Waals surface area contributed by atoms with Crippen LogP contribution in [0.25, 0.3) is 0 Å². The third-order valence-electron chi connectivity index (χ3n) is 6.94. The third-order valence-corrected chi connectivity index (χ3v) is 6.94. The molecule has 0 bridgehead atoms. The van der Waals surface area contributed by atoms with Crippen LogP contribution in [0.1, 0.15) is 48.3 Å². The SMILES string of the molecule is Cc1c(C2C=CC2)c(O)n(CCOCCOCCC(=O)Nc2ccc(CCC(=O)N3CCC3=O)cc2)c1O. The number of hydrogen-bond acceptors (Lipinski definition) is 7. The summed E-state index contributed by atoms with van der Waals surface area (Å²) in [6.45, 7) is 3.86. The Morgan fingerprint density at radius 1 is 1.03 bits per heavy atom. The minimum atomic E-state index is -0.170. The number of ether oxygens (including phenoxy) is 2. The normalized spacial score (nSPS) is 16.3. The number of aryl methyl sites for hydroxylation is 1. The zero-order valence-electron chi connectivity index (χ0n) is 21.6. The van der Waals surface area contributed by atoms with Gasteiger partial charge in [-0.2, -0.15) is 0 Å². The molecule has 1 aliphatic heterocycles. The summed E-state index contributed by atoms with van der Waals surface area (Å²) in [4.78, 5) is 36.7. The summed E-state index contributed by atoms with van der Waals surface area (Å²) in [5.41, 5.74) is 3.09. The summed E-state index contributed by atoms with van der Waals surface area (Å²) in [5.74, 6) is -0.118. The predicted molar refractivity (Wildman–Crippen MR) is 140 cm³/mol. The lowest BCUT2D eigenvalue weighted by Gasteiger charge is -2.28. The Morgan fingerprint density at radius 3 is 2.34 bits per heavy atom. The number of amides is 3. The predicted octanol–water partition coefficient (Wildman–Crippen LogP) is 3.00. The standard InChI is InChI=1S/C28H35N3O7/c1-19-26(21-3-2-4-21)28(36)31(27(19)35)14-16-38-18-17-37-15-12-23(32)29-22-8-5-20(6-9-22)7-10-24(33)30-13-11-25(30)34/h2-3,5-6,8-9,21,35-36H,4,7,10-18H2,1H3,(H,29,32). The minimum Gasteiger partial charge on any atom is -0.494 e. The Kier molecular flexibility index (Phi) is 9.19. The molecule has 1 saturated heterocycles. The van der Waals surface area contributed by atoms with E-state index in [1.165, 1.54) is 9.47 Å². The summed E-state index contributed by atoms with van der Waals surface area (Å²) in [6.07, 6.45) is 6.39. The van der Waals surface area contributed by atoms with Gasteiger partial charge in [-0.3, -0.25) is 23.9 Å². The molecule has 2 aromatic rings. The van der Waals surface area contributed by atoms with Crippen molar-refractivity contribution in [2.24, 2.45) is 0 Å². The highest BCUT2D eigenvalue weighted by Crippen LogP contribution is 2.42. The molecule has 3 N–H and O–H groups in total. The quantitative estimate of drug-likeness (QED) is 0.196. The van der Waals surface area contributed by atoms with Gasteiger partial charge in [0.05, 0.1) is 39.4 Å². The number of benzene rings is 1. The van der Waals surface area contributed by atoms with Gasteiger partial charge in [-0.25, -0.2) is 0 Å². The van der Waals surface area contributed by atoms with Gasteiger partial charge in [0, 0.05) is 42.1 Å². The molecular weight excluding hydrogens is 490 g/mol. The Bertz CT molecular complexity index is 1190. The second-order valence-electron chi connectivity index (χ2n) is 9.52. The molecule has 1 unspecified atom stereocenters. The van der Waals surface area contributed by atoms with Crippen molar-refractivity contribution < 1.29 is 34.1 Å². The Morgan fingerprint density at radius 2 is 1.74 bits per heavy atom. The number of allylic oxidation sites excluding steroid dienone is 2. The monoisotopic (exact) mass is 525 g/mol. The lowest BCUT2D eigenvalue weighted by atomic mass is 9.87. The van der Waals surface area contributed by atoms with E-state index < -0.39 is 0 Å². The number of anilines is 1. The molecule has 0 saturated carbocycles. The number of carbonyl (C=O) groups excluding carboxylic acids is 3. The molecule has 1 aromatic carbocycles. The summed E-state index contributed by atoms with van der Waals surface area (Å²) in [5, 5.41) is 23.6. The van der Waals surface area contributed by atoms with Crippen molar-refractivity contribution in [1.29, 1.82) is 0 Å². The van der Waals surface area contributed by atoms with E-state index in [2.05, 4.69) is 5.32 Å². The number of aromatic nitrogens is 1. The first-order valence-corrected chi connectivity index (χ1v) is 13.0. The summed E-state index contributed by atoms with van der Waals surface area (Å²) >= 11 is 0. The molecule has 1 fully saturated rings. The van der Waals surface area contributed by atoms with Crippen molar-refractivity contribution in [1.82, 2.24) is 9.47 Å². The molecular formula is C28H35N3O7. The van der Waals surface area contributed by atoms with E-state index in [-0.39, 0.29) is 54.8 Å². The average Bonchev–Trinajstić information content (AvgIpc) is 3.06. The van der Waals surface area contributed by atoms with Crippen molar-refractivity contribution in [2.45, 2.75) is 51.5 Å². The van der Waals surface area contributed by atoms with Crippen LogP contribution < -0.4 is 5.32 Å². The van der Waals surface area contributed by atoms with Gasteiger partial charge in [-0.1, -0.05) is 24.3 Å². The molecule has 0 radical (unpaired) electrons. The fraction of sp³-hybridized carbons (Fsp3) is 0.464. The maximum absolute atomic E-state index is 12.2. The van der Waals surface area contributed by atoms with E-state index in [0.717, 1.165) is 17.5 Å². The van der Waals surface area contributed by atoms with Crippen molar-refractivity contribution in [2.75, 3.05) is 38.3 Å². The maximum atomic E-state index is 12.2. The molecule has 204 valence electrons. The van der Waals surface area contributed by atoms with Crippen molar-refractivity contribution in [3.63, 3.8) is 0 Å². The van der Waals surface area contributed by atoms with Crippen molar-refractivity contribution in [3.8, 4) is 11.8 Å². The lowest BCUT2D eigenvalue weighted by molar-refractivity contribution is -0.152. The number of hydrogen-bond donors (Lipinski definition) is 3. The van der Waals surface area contributed by atoms with Crippen molar-refractivity contribution >= 4 is 23.4 Å². The molecule has 1 aromatic heterocycles. The fourth-order valence-corrected chi connectivity index (χ4v) is 4.46. The summed E-state index contributed by atoms with van der Waals surface area (Å²) in [6, 6.07) is 7.28. The van der Waals surface area contributed by atoms with Gasteiger partial charge in [-0.05, 0) is 37.5 Å². The lowest BCUT2D eigenvalue weighted by Crippen LogP contribution is -2.47. The van der Waals surface area contributed by atoms with Crippen molar-refractivity contribution in [3.05, 3.63) is 53.1 Å². The van der Waals surface area contributed by atoms with Crippen LogP contribution in [0, 0.1) is 6.92 Å². The number of carbonyl (C=O) groups is 3. The first-order chi connectivity index (χ1) is 18.3. The maximum Gasteiger partial charge on any atom is 0.230 e. The highest BCUT2D eigenvalue weighted by Gasteiger charge is 2.29. The second-order valence-corrected chi connectivity index (χ2v) is 9.52. The van der Waals surface area contributed by atoms with Crippen LogP contribution in [0.5, 0.6) is 11.8 Å². The molecule has 10 heteroatoms. The smallest absolute Gasteiger partial charge is 0.230 e. The summed E-state index contributed by atoms with van der Waals surface area (Å²) < 4.78 is 12.5. The first kappa shape index (κ1) is 27.4. The van der Waals surface area contributed by atoms with Crippen LogP contribution in [-0.2, 0) is 36.8 Å². The van der Waals surface area contributed by atoms with Crippen LogP contribution in [0.15, 0.2) is 36.4 Å². The van der Waals surface area contributed by atoms with Crippen LogP contribution in [0.2, 0.25) is 0 Å². The highest BCUT2D eigenvalue weighted by molar-refractivity contribution is 5.99. The first-order valence-electron chi connectivity index (χ1n) is 13.0. The van der Waals surface area contributed by atoms with E-state index in [4.69, 9.17) is 9.47 Å². The number of imide groups is 1.